The molecular formula is C13H11N3O2. The maximum atomic E-state index is 11.3. The van der Waals surface area contributed by atoms with E-state index in [1.807, 2.05) is 18.2 Å². The summed E-state index contributed by atoms with van der Waals surface area (Å²) in [7, 11) is 1.78. The number of carbonyl (C=O) groups is 2. The number of nitrogens with zero attached hydrogens (tertiary/aromatic N) is 2. The predicted molar refractivity (Wildman–Crippen MR) is 66.4 cm³/mol. The van der Waals surface area contributed by atoms with Crippen molar-refractivity contribution in [3.8, 4) is 11.3 Å². The maximum absolute atomic E-state index is 11.3. The number of aldehydes is 1. The summed E-state index contributed by atoms with van der Waals surface area (Å²) >= 11 is 0. The predicted octanol–water partition coefficient (Wildman–Crippen LogP) is 1.39. The second-order valence-corrected chi connectivity index (χ2v) is 4.30. The van der Waals surface area contributed by atoms with Gasteiger partial charge in [-0.2, -0.15) is 0 Å². The third-order valence-electron chi connectivity index (χ3n) is 3.10. The Morgan fingerprint density at radius 1 is 1.44 bits per heavy atom. The molecule has 0 atom stereocenters. The molecule has 1 aromatic heterocycles. The lowest BCUT2D eigenvalue weighted by Gasteiger charge is -2.03. The van der Waals surface area contributed by atoms with Gasteiger partial charge in [-0.1, -0.05) is 6.07 Å². The van der Waals surface area contributed by atoms with Crippen molar-refractivity contribution in [2.45, 2.75) is 6.42 Å². The summed E-state index contributed by atoms with van der Waals surface area (Å²) < 4.78 is 1.68. The van der Waals surface area contributed by atoms with Gasteiger partial charge in [0, 0.05) is 18.3 Å². The van der Waals surface area contributed by atoms with Gasteiger partial charge >= 0.3 is 0 Å². The maximum Gasteiger partial charge on any atom is 0.228 e. The highest BCUT2D eigenvalue weighted by Crippen LogP contribution is 2.29. The molecular weight excluding hydrogens is 230 g/mol. The summed E-state index contributed by atoms with van der Waals surface area (Å²) in [5.41, 5.74) is 3.82. The molecule has 5 heteroatoms. The molecule has 1 aromatic carbocycles. The molecule has 0 unspecified atom stereocenters. The Labute approximate surface area is 103 Å². The van der Waals surface area contributed by atoms with Crippen LogP contribution < -0.4 is 5.32 Å². The number of imidazole rings is 1. The van der Waals surface area contributed by atoms with Gasteiger partial charge in [0.05, 0.1) is 18.4 Å². The minimum atomic E-state index is -0.00113. The number of aromatic nitrogens is 2. The molecule has 0 aliphatic carbocycles. The van der Waals surface area contributed by atoms with Crippen LogP contribution in [0.25, 0.3) is 11.3 Å². The molecule has 5 nitrogen and oxygen atoms in total. The van der Waals surface area contributed by atoms with Crippen LogP contribution in [0.1, 0.15) is 16.1 Å². The molecule has 2 heterocycles. The van der Waals surface area contributed by atoms with Crippen molar-refractivity contribution in [2.75, 3.05) is 5.32 Å². The van der Waals surface area contributed by atoms with E-state index in [9.17, 15) is 9.59 Å². The van der Waals surface area contributed by atoms with E-state index in [2.05, 4.69) is 10.3 Å². The molecule has 0 radical (unpaired) electrons. The van der Waals surface area contributed by atoms with Crippen LogP contribution >= 0.6 is 0 Å². The van der Waals surface area contributed by atoms with Crippen molar-refractivity contribution in [1.82, 2.24) is 9.55 Å². The van der Waals surface area contributed by atoms with Crippen molar-refractivity contribution in [3.63, 3.8) is 0 Å². The molecule has 2 aromatic rings. The average Bonchev–Trinajstić information content (AvgIpc) is 2.89. The quantitative estimate of drug-likeness (QED) is 0.808. The van der Waals surface area contributed by atoms with Crippen LogP contribution in [-0.4, -0.2) is 21.7 Å². The summed E-state index contributed by atoms with van der Waals surface area (Å²) in [6, 6.07) is 5.61. The van der Waals surface area contributed by atoms with E-state index in [0.29, 0.717) is 17.8 Å². The number of hydrogen-bond acceptors (Lipinski definition) is 3. The number of carbonyl (C=O) groups excluding carboxylic acids is 2. The van der Waals surface area contributed by atoms with Gasteiger partial charge in [0.1, 0.15) is 5.69 Å². The van der Waals surface area contributed by atoms with Gasteiger partial charge in [0.25, 0.3) is 0 Å². The second kappa shape index (κ2) is 3.80. The number of nitrogens with one attached hydrogen (secondary N) is 1. The standard InChI is InChI=1S/C13H11N3O2/c1-16-7-14-13(11(16)6-17)8-2-3-10-9(4-8)5-12(18)15-10/h2-4,6-7H,5H2,1H3,(H,15,18). The number of rotatable bonds is 2. The Morgan fingerprint density at radius 3 is 3.06 bits per heavy atom. The van der Waals surface area contributed by atoms with Crippen LogP contribution in [-0.2, 0) is 18.3 Å². The molecule has 1 N–H and O–H groups in total. The number of aryl methyl sites for hydroxylation is 1. The highest BCUT2D eigenvalue weighted by Gasteiger charge is 2.19. The number of benzene rings is 1. The lowest BCUT2D eigenvalue weighted by Crippen LogP contribution is -2.03. The van der Waals surface area contributed by atoms with Gasteiger partial charge in [-0.3, -0.25) is 9.59 Å². The summed E-state index contributed by atoms with van der Waals surface area (Å²) in [5.74, 6) is -0.00113. The first-order valence-electron chi connectivity index (χ1n) is 5.58. The van der Waals surface area contributed by atoms with Gasteiger partial charge in [0.15, 0.2) is 6.29 Å². The molecule has 1 aliphatic rings. The highest BCUT2D eigenvalue weighted by molar-refractivity contribution is 5.99. The summed E-state index contributed by atoms with van der Waals surface area (Å²) in [4.78, 5) is 26.6. The average molecular weight is 241 g/mol. The lowest BCUT2D eigenvalue weighted by molar-refractivity contribution is -0.115. The van der Waals surface area contributed by atoms with Crippen LogP contribution in [0.2, 0.25) is 0 Å². The zero-order valence-corrected chi connectivity index (χ0v) is 9.80. The minimum Gasteiger partial charge on any atom is -0.331 e. The van der Waals surface area contributed by atoms with Gasteiger partial charge in [-0.25, -0.2) is 4.98 Å². The molecule has 3 rings (SSSR count). The van der Waals surface area contributed by atoms with E-state index < -0.39 is 0 Å². The smallest absolute Gasteiger partial charge is 0.228 e. The van der Waals surface area contributed by atoms with Crippen molar-refractivity contribution in [2.24, 2.45) is 7.05 Å². The first-order chi connectivity index (χ1) is 8.69. The second-order valence-electron chi connectivity index (χ2n) is 4.30. The summed E-state index contributed by atoms with van der Waals surface area (Å²) in [6.45, 7) is 0. The third-order valence-corrected chi connectivity index (χ3v) is 3.10. The van der Waals surface area contributed by atoms with Gasteiger partial charge in [0.2, 0.25) is 5.91 Å². The summed E-state index contributed by atoms with van der Waals surface area (Å²) in [6.07, 6.45) is 2.78. The van der Waals surface area contributed by atoms with Crippen LogP contribution in [0, 0.1) is 0 Å². The largest absolute Gasteiger partial charge is 0.331 e. The Hall–Kier alpha value is -2.43. The molecule has 0 saturated carbocycles. The fourth-order valence-electron chi connectivity index (χ4n) is 2.18. The normalized spacial score (nSPS) is 13.3. The van der Waals surface area contributed by atoms with Crippen molar-refractivity contribution in [1.29, 1.82) is 0 Å². The Bertz CT molecular complexity index is 658. The van der Waals surface area contributed by atoms with E-state index >= 15 is 0 Å². The van der Waals surface area contributed by atoms with E-state index in [-0.39, 0.29) is 5.91 Å². The molecule has 90 valence electrons. The van der Waals surface area contributed by atoms with Gasteiger partial charge in [-0.05, 0) is 17.7 Å². The van der Waals surface area contributed by atoms with Gasteiger partial charge < -0.3 is 9.88 Å². The molecule has 0 spiro atoms. The fraction of sp³-hybridized carbons (Fsp3) is 0.154. The molecule has 0 saturated heterocycles. The molecule has 0 fully saturated rings. The monoisotopic (exact) mass is 241 g/mol. The zero-order valence-electron chi connectivity index (χ0n) is 9.80. The zero-order chi connectivity index (χ0) is 12.7. The molecule has 1 amide bonds. The van der Waals surface area contributed by atoms with E-state index in [1.165, 1.54) is 0 Å². The molecule has 1 aliphatic heterocycles. The van der Waals surface area contributed by atoms with E-state index in [4.69, 9.17) is 0 Å². The van der Waals surface area contributed by atoms with Gasteiger partial charge in [-0.15, -0.1) is 0 Å². The Morgan fingerprint density at radius 2 is 2.28 bits per heavy atom. The first kappa shape index (κ1) is 10.7. The minimum absolute atomic E-state index is 0.00113. The van der Waals surface area contributed by atoms with Crippen molar-refractivity contribution < 1.29 is 9.59 Å². The van der Waals surface area contributed by atoms with Crippen LogP contribution in [0.3, 0.4) is 0 Å². The Balaban J connectivity index is 2.11. The number of amides is 1. The van der Waals surface area contributed by atoms with E-state index in [0.717, 1.165) is 23.1 Å². The number of anilines is 1. The lowest BCUT2D eigenvalue weighted by atomic mass is 10.0. The molecule has 18 heavy (non-hydrogen) atoms. The summed E-state index contributed by atoms with van der Waals surface area (Å²) in [5, 5.41) is 2.78. The van der Waals surface area contributed by atoms with Crippen LogP contribution in [0.4, 0.5) is 5.69 Å². The highest BCUT2D eigenvalue weighted by atomic mass is 16.1. The van der Waals surface area contributed by atoms with Crippen LogP contribution in [0.15, 0.2) is 24.5 Å². The van der Waals surface area contributed by atoms with Crippen molar-refractivity contribution >= 4 is 17.9 Å². The number of hydrogen-bond donors (Lipinski definition) is 1. The van der Waals surface area contributed by atoms with Crippen LogP contribution in [0.5, 0.6) is 0 Å². The van der Waals surface area contributed by atoms with Crippen molar-refractivity contribution in [3.05, 3.63) is 35.8 Å². The SMILES string of the molecule is Cn1cnc(-c2ccc3c(c2)CC(=O)N3)c1C=O. The fourth-order valence-corrected chi connectivity index (χ4v) is 2.18. The Kier molecular flexibility index (Phi) is 2.26. The first-order valence-corrected chi connectivity index (χ1v) is 5.58. The third kappa shape index (κ3) is 1.52. The topological polar surface area (TPSA) is 64.0 Å². The number of fused-ring (bicyclic) bond motifs is 1. The molecule has 0 bridgehead atoms. The van der Waals surface area contributed by atoms with E-state index in [1.54, 1.807) is 17.9 Å².